The van der Waals surface area contributed by atoms with Gasteiger partial charge in [0.25, 0.3) is 5.91 Å². The molecule has 0 radical (unpaired) electrons. The van der Waals surface area contributed by atoms with Gasteiger partial charge in [0.1, 0.15) is 4.92 Å². The summed E-state index contributed by atoms with van der Waals surface area (Å²) < 4.78 is 4.97. The average Bonchev–Trinajstić information content (AvgIpc) is 3.17. The van der Waals surface area contributed by atoms with Crippen LogP contribution in [0.5, 0.6) is 0 Å². The van der Waals surface area contributed by atoms with Crippen LogP contribution in [0.4, 0.5) is 5.88 Å². The highest BCUT2D eigenvalue weighted by atomic mass is 32.1. The van der Waals surface area contributed by atoms with E-state index in [9.17, 15) is 14.9 Å². The van der Waals surface area contributed by atoms with Crippen molar-refractivity contribution in [2.45, 2.75) is 13.5 Å². The summed E-state index contributed by atoms with van der Waals surface area (Å²) in [5.41, 5.74) is 1.05. The Labute approximate surface area is 136 Å². The number of nitrogens with zero attached hydrogens (tertiary/aromatic N) is 4. The number of hydrogen-bond acceptors (Lipinski definition) is 7. The van der Waals surface area contributed by atoms with Crippen molar-refractivity contribution in [1.82, 2.24) is 14.8 Å². The van der Waals surface area contributed by atoms with Crippen LogP contribution in [0.15, 0.2) is 21.9 Å². The van der Waals surface area contributed by atoms with Crippen molar-refractivity contribution >= 4 is 23.1 Å². The van der Waals surface area contributed by atoms with Crippen molar-refractivity contribution in [3.05, 3.63) is 44.1 Å². The molecule has 9 heteroatoms. The summed E-state index contributed by atoms with van der Waals surface area (Å²) in [4.78, 5) is 30.6. The lowest BCUT2D eigenvalue weighted by molar-refractivity contribution is -0.402. The first-order valence-corrected chi connectivity index (χ1v) is 8.08. The second-order valence-corrected chi connectivity index (χ2v) is 6.38. The third kappa shape index (κ3) is 3.57. The molecule has 0 N–H and O–H groups in total. The molecule has 0 atom stereocenters. The summed E-state index contributed by atoms with van der Waals surface area (Å²) in [6, 6.07) is 2.55. The SMILES string of the molecule is Cc1nc(CN2CCN(C(=O)c3ccc([N+](=O)[O-])o3)CC2)cs1. The van der Waals surface area contributed by atoms with Gasteiger partial charge in [0.15, 0.2) is 5.76 Å². The summed E-state index contributed by atoms with van der Waals surface area (Å²) in [7, 11) is 0. The lowest BCUT2D eigenvalue weighted by Gasteiger charge is -2.33. The minimum Gasteiger partial charge on any atom is -0.395 e. The maximum Gasteiger partial charge on any atom is 0.433 e. The van der Waals surface area contributed by atoms with Gasteiger partial charge in [-0.25, -0.2) is 4.98 Å². The Kier molecular flexibility index (Phi) is 4.39. The fourth-order valence-corrected chi connectivity index (χ4v) is 3.12. The monoisotopic (exact) mass is 336 g/mol. The van der Waals surface area contributed by atoms with Crippen LogP contribution in [0.3, 0.4) is 0 Å². The minimum atomic E-state index is -0.648. The molecule has 2 aromatic rings. The van der Waals surface area contributed by atoms with Crippen LogP contribution in [0.2, 0.25) is 0 Å². The van der Waals surface area contributed by atoms with Crippen molar-refractivity contribution in [3.63, 3.8) is 0 Å². The Balaban J connectivity index is 1.55. The highest BCUT2D eigenvalue weighted by molar-refractivity contribution is 7.09. The van der Waals surface area contributed by atoms with Gasteiger partial charge in [-0.15, -0.1) is 11.3 Å². The second kappa shape index (κ2) is 6.47. The zero-order chi connectivity index (χ0) is 16.4. The zero-order valence-electron chi connectivity index (χ0n) is 12.6. The molecule has 0 unspecified atom stereocenters. The van der Waals surface area contributed by atoms with Crippen LogP contribution in [0.1, 0.15) is 21.3 Å². The number of aromatic nitrogens is 1. The van der Waals surface area contributed by atoms with E-state index in [2.05, 4.69) is 15.3 Å². The zero-order valence-corrected chi connectivity index (χ0v) is 13.4. The highest BCUT2D eigenvalue weighted by Crippen LogP contribution is 2.18. The highest BCUT2D eigenvalue weighted by Gasteiger charge is 2.26. The first-order valence-electron chi connectivity index (χ1n) is 7.20. The number of hydrogen-bond donors (Lipinski definition) is 0. The van der Waals surface area contributed by atoms with Crippen LogP contribution >= 0.6 is 11.3 Å². The van der Waals surface area contributed by atoms with E-state index in [4.69, 9.17) is 4.42 Å². The number of nitro groups is 1. The Hall–Kier alpha value is -2.26. The average molecular weight is 336 g/mol. The Morgan fingerprint density at radius 3 is 2.70 bits per heavy atom. The molecule has 0 bridgehead atoms. The fourth-order valence-electron chi connectivity index (χ4n) is 2.52. The number of aryl methyl sites for hydroxylation is 1. The first kappa shape index (κ1) is 15.6. The van der Waals surface area contributed by atoms with Crippen molar-refractivity contribution in [1.29, 1.82) is 0 Å². The molecule has 3 heterocycles. The normalized spacial score (nSPS) is 15.8. The summed E-state index contributed by atoms with van der Waals surface area (Å²) in [6.07, 6.45) is 0. The number of furan rings is 1. The number of rotatable bonds is 4. The summed E-state index contributed by atoms with van der Waals surface area (Å²) in [5, 5.41) is 13.7. The third-order valence-electron chi connectivity index (χ3n) is 3.69. The number of thiazole rings is 1. The smallest absolute Gasteiger partial charge is 0.395 e. The van der Waals surface area contributed by atoms with Crippen LogP contribution in [0.25, 0.3) is 0 Å². The second-order valence-electron chi connectivity index (χ2n) is 5.32. The fraction of sp³-hybridized carbons (Fsp3) is 0.429. The van der Waals surface area contributed by atoms with E-state index < -0.39 is 10.8 Å². The van der Waals surface area contributed by atoms with Crippen molar-refractivity contribution in [2.75, 3.05) is 26.2 Å². The lowest BCUT2D eigenvalue weighted by atomic mass is 10.2. The van der Waals surface area contributed by atoms with Crippen LogP contribution in [0, 0.1) is 17.0 Å². The molecule has 8 nitrogen and oxygen atoms in total. The largest absolute Gasteiger partial charge is 0.433 e. The van der Waals surface area contributed by atoms with E-state index in [-0.39, 0.29) is 11.7 Å². The van der Waals surface area contributed by atoms with Crippen molar-refractivity contribution in [2.24, 2.45) is 0 Å². The lowest BCUT2D eigenvalue weighted by Crippen LogP contribution is -2.48. The number of amides is 1. The maximum absolute atomic E-state index is 12.3. The van der Waals surface area contributed by atoms with Crippen LogP contribution in [-0.2, 0) is 6.54 Å². The molecule has 1 aliphatic heterocycles. The molecule has 122 valence electrons. The molecule has 0 spiro atoms. The number of carbonyl (C=O) groups excluding carboxylic acids is 1. The van der Waals surface area contributed by atoms with Gasteiger partial charge in [-0.2, -0.15) is 0 Å². The topological polar surface area (TPSA) is 92.7 Å². The van der Waals surface area contributed by atoms with Gasteiger partial charge in [0.2, 0.25) is 0 Å². The molecule has 2 aromatic heterocycles. The van der Waals surface area contributed by atoms with Gasteiger partial charge in [-0.1, -0.05) is 0 Å². The molecule has 1 aliphatic rings. The molecular formula is C14H16N4O4S. The van der Waals surface area contributed by atoms with E-state index in [0.717, 1.165) is 30.3 Å². The molecule has 0 aliphatic carbocycles. The van der Waals surface area contributed by atoms with Crippen LogP contribution < -0.4 is 0 Å². The predicted octanol–water partition coefficient (Wildman–Crippen LogP) is 1.91. The molecule has 0 aromatic carbocycles. The van der Waals surface area contributed by atoms with Gasteiger partial charge in [-0.05, 0) is 13.0 Å². The maximum atomic E-state index is 12.3. The summed E-state index contributed by atoms with van der Waals surface area (Å²) >= 11 is 1.63. The molecular weight excluding hydrogens is 320 g/mol. The molecule has 0 saturated carbocycles. The van der Waals surface area contributed by atoms with E-state index in [0.29, 0.717) is 13.1 Å². The van der Waals surface area contributed by atoms with Crippen LogP contribution in [-0.4, -0.2) is 51.8 Å². The first-order chi connectivity index (χ1) is 11.0. The van der Waals surface area contributed by atoms with Gasteiger partial charge < -0.3 is 9.32 Å². The number of carbonyl (C=O) groups is 1. The molecule has 23 heavy (non-hydrogen) atoms. The quantitative estimate of drug-likeness (QED) is 0.625. The van der Waals surface area contributed by atoms with Gasteiger partial charge >= 0.3 is 5.88 Å². The molecule has 1 saturated heterocycles. The third-order valence-corrected chi connectivity index (χ3v) is 4.52. The van der Waals surface area contributed by atoms with Gasteiger partial charge in [0.05, 0.1) is 16.8 Å². The molecule has 1 fully saturated rings. The standard InChI is InChI=1S/C14H16N4O4S/c1-10-15-11(9-23-10)8-16-4-6-17(7-5-16)14(19)12-2-3-13(22-12)18(20)21/h2-3,9H,4-8H2,1H3. The van der Waals surface area contributed by atoms with E-state index >= 15 is 0 Å². The Morgan fingerprint density at radius 2 is 2.13 bits per heavy atom. The van der Waals surface area contributed by atoms with Crippen molar-refractivity contribution < 1.29 is 14.1 Å². The van der Waals surface area contributed by atoms with E-state index in [1.807, 2.05) is 6.92 Å². The summed E-state index contributed by atoms with van der Waals surface area (Å²) in [5.74, 6) is -0.701. The molecule has 1 amide bonds. The van der Waals surface area contributed by atoms with E-state index in [1.54, 1.807) is 16.2 Å². The molecule has 3 rings (SSSR count). The van der Waals surface area contributed by atoms with Gasteiger partial charge in [-0.3, -0.25) is 19.8 Å². The predicted molar refractivity (Wildman–Crippen MR) is 83.4 cm³/mol. The van der Waals surface area contributed by atoms with Gasteiger partial charge in [0, 0.05) is 38.1 Å². The number of piperazine rings is 1. The Bertz CT molecular complexity index is 718. The van der Waals surface area contributed by atoms with Crippen molar-refractivity contribution in [3.8, 4) is 0 Å². The summed E-state index contributed by atoms with van der Waals surface area (Å²) in [6.45, 7) is 5.37. The minimum absolute atomic E-state index is 0.0141. The Morgan fingerprint density at radius 1 is 1.39 bits per heavy atom. The van der Waals surface area contributed by atoms with E-state index in [1.165, 1.54) is 12.1 Å².